The van der Waals surface area contributed by atoms with Gasteiger partial charge in [-0.05, 0) is 6.26 Å². The Balaban J connectivity index is 2.62. The Labute approximate surface area is 102 Å². The highest BCUT2D eigenvalue weighted by Gasteiger charge is 2.15. The molecule has 0 fully saturated rings. The van der Waals surface area contributed by atoms with E-state index in [2.05, 4.69) is 25.3 Å². The number of nitrogens with one attached hydrogen (secondary N) is 2. The van der Waals surface area contributed by atoms with Crippen LogP contribution in [0.1, 0.15) is 0 Å². The molecule has 3 aromatic heterocycles. The molecule has 3 rings (SSSR count). The highest BCUT2D eigenvalue weighted by atomic mass is 32.2. The van der Waals surface area contributed by atoms with E-state index in [0.29, 0.717) is 5.16 Å². The van der Waals surface area contributed by atoms with Crippen molar-refractivity contribution < 1.29 is 0 Å². The quantitative estimate of drug-likeness (QED) is 0.478. The van der Waals surface area contributed by atoms with Crippen LogP contribution in [-0.2, 0) is 0 Å². The Kier molecular flexibility index (Phi) is 2.13. The summed E-state index contributed by atoms with van der Waals surface area (Å²) in [5.74, 6) is 0.218. The average Bonchev–Trinajstić information content (AvgIpc) is 2.77. The number of fused-ring (bicyclic) bond motifs is 2. The molecule has 0 saturated heterocycles. The van der Waals surface area contributed by atoms with Gasteiger partial charge in [-0.3, -0.25) is 19.8 Å². The zero-order chi connectivity index (χ0) is 12.9. The minimum Gasteiger partial charge on any atom is -0.383 e. The summed E-state index contributed by atoms with van der Waals surface area (Å²) in [5.41, 5.74) is 4.71. The van der Waals surface area contributed by atoms with E-state index in [1.807, 2.05) is 0 Å². The van der Waals surface area contributed by atoms with E-state index in [4.69, 9.17) is 5.73 Å². The fraction of sp³-hybridized carbons (Fsp3) is 0.125. The van der Waals surface area contributed by atoms with Gasteiger partial charge in [0.25, 0.3) is 16.9 Å². The number of thioether (sulfide) groups is 1. The van der Waals surface area contributed by atoms with E-state index in [-0.39, 0.29) is 22.5 Å². The molecule has 0 spiro atoms. The predicted molar refractivity (Wildman–Crippen MR) is 65.7 cm³/mol. The SMILES string of the molecule is CSc1nc2nc3c(=O)[nH][nH]c(=O)c3c(N)n2n1. The van der Waals surface area contributed by atoms with Gasteiger partial charge in [0.1, 0.15) is 11.2 Å². The minimum absolute atomic E-state index is 0.00352. The van der Waals surface area contributed by atoms with Crippen LogP contribution in [-0.4, -0.2) is 36.0 Å². The lowest BCUT2D eigenvalue weighted by atomic mass is 10.3. The average molecular weight is 265 g/mol. The largest absolute Gasteiger partial charge is 0.383 e. The van der Waals surface area contributed by atoms with Crippen molar-refractivity contribution in [3.63, 3.8) is 0 Å². The number of H-pyrrole nitrogens is 2. The zero-order valence-electron chi connectivity index (χ0n) is 9.09. The molecule has 4 N–H and O–H groups in total. The van der Waals surface area contributed by atoms with Crippen molar-refractivity contribution in [2.45, 2.75) is 5.16 Å². The van der Waals surface area contributed by atoms with Crippen molar-refractivity contribution in [3.05, 3.63) is 20.7 Å². The molecule has 3 aromatic rings. The second-order valence-corrected chi connectivity index (χ2v) is 4.21. The molecule has 10 heteroatoms. The molecule has 3 heterocycles. The summed E-state index contributed by atoms with van der Waals surface area (Å²) in [6.07, 6.45) is 1.80. The molecule has 0 amide bonds. The second kappa shape index (κ2) is 3.57. The molecular formula is C8H7N7O2S. The van der Waals surface area contributed by atoms with Gasteiger partial charge in [-0.1, -0.05) is 11.8 Å². The van der Waals surface area contributed by atoms with Gasteiger partial charge in [0.2, 0.25) is 5.16 Å². The normalized spacial score (nSPS) is 11.4. The number of nitrogens with two attached hydrogens (primary N) is 1. The van der Waals surface area contributed by atoms with Gasteiger partial charge in [-0.25, -0.2) is 4.98 Å². The van der Waals surface area contributed by atoms with Crippen LogP contribution in [0.5, 0.6) is 0 Å². The number of anilines is 1. The van der Waals surface area contributed by atoms with Crippen LogP contribution in [0.25, 0.3) is 16.7 Å². The molecule has 0 aliphatic rings. The summed E-state index contributed by atoms with van der Waals surface area (Å²) in [7, 11) is 0. The fourth-order valence-corrected chi connectivity index (χ4v) is 1.95. The van der Waals surface area contributed by atoms with Crippen molar-refractivity contribution in [3.8, 4) is 0 Å². The summed E-state index contributed by atoms with van der Waals surface area (Å²) in [4.78, 5) is 31.3. The number of nitrogens with zero attached hydrogens (tertiary/aromatic N) is 4. The maximum absolute atomic E-state index is 11.7. The monoisotopic (exact) mass is 265 g/mol. The lowest BCUT2D eigenvalue weighted by Gasteiger charge is -2.00. The summed E-state index contributed by atoms with van der Waals surface area (Å²) >= 11 is 1.31. The van der Waals surface area contributed by atoms with E-state index >= 15 is 0 Å². The second-order valence-electron chi connectivity index (χ2n) is 3.44. The topological polar surface area (TPSA) is 135 Å². The minimum atomic E-state index is -0.535. The lowest BCUT2D eigenvalue weighted by Crippen LogP contribution is -2.22. The fourth-order valence-electron chi connectivity index (χ4n) is 1.61. The lowest BCUT2D eigenvalue weighted by molar-refractivity contribution is 0.891. The van der Waals surface area contributed by atoms with Crippen LogP contribution in [0.2, 0.25) is 0 Å². The van der Waals surface area contributed by atoms with Crippen molar-refractivity contribution in [2.24, 2.45) is 0 Å². The summed E-state index contributed by atoms with van der Waals surface area (Å²) in [6, 6.07) is 0. The number of nitrogen functional groups attached to an aromatic ring is 1. The van der Waals surface area contributed by atoms with Crippen LogP contribution < -0.4 is 16.9 Å². The summed E-state index contributed by atoms with van der Waals surface area (Å²) in [5, 5.41) is 8.90. The van der Waals surface area contributed by atoms with E-state index in [9.17, 15) is 9.59 Å². The number of hydrogen-bond acceptors (Lipinski definition) is 7. The van der Waals surface area contributed by atoms with Gasteiger partial charge in [-0.15, -0.1) is 5.10 Å². The van der Waals surface area contributed by atoms with E-state index in [0.717, 1.165) is 0 Å². The van der Waals surface area contributed by atoms with Crippen LogP contribution in [0.4, 0.5) is 5.82 Å². The van der Waals surface area contributed by atoms with Gasteiger partial charge in [0, 0.05) is 0 Å². The van der Waals surface area contributed by atoms with Crippen molar-refractivity contribution >= 4 is 34.3 Å². The molecule has 9 nitrogen and oxygen atoms in total. The third-order valence-corrected chi connectivity index (χ3v) is 2.96. The van der Waals surface area contributed by atoms with Crippen LogP contribution in [0.15, 0.2) is 14.7 Å². The molecule has 0 atom stereocenters. The highest BCUT2D eigenvalue weighted by molar-refractivity contribution is 7.98. The molecule has 0 aromatic carbocycles. The van der Waals surface area contributed by atoms with E-state index in [1.54, 1.807) is 6.26 Å². The molecule has 0 saturated carbocycles. The predicted octanol–water partition coefficient (Wildman–Crippen LogP) is -1.04. The van der Waals surface area contributed by atoms with Gasteiger partial charge in [0.15, 0.2) is 5.52 Å². The molecule has 0 radical (unpaired) electrons. The van der Waals surface area contributed by atoms with Crippen molar-refractivity contribution in [1.82, 2.24) is 29.8 Å². The molecule has 18 heavy (non-hydrogen) atoms. The number of aromatic amines is 2. The Hall–Kier alpha value is -2.36. The first-order valence-corrected chi connectivity index (χ1v) is 6.05. The van der Waals surface area contributed by atoms with Crippen LogP contribution in [0.3, 0.4) is 0 Å². The van der Waals surface area contributed by atoms with Gasteiger partial charge in [-0.2, -0.15) is 9.50 Å². The maximum Gasteiger partial charge on any atom is 0.289 e. The summed E-state index contributed by atoms with van der Waals surface area (Å²) in [6.45, 7) is 0. The van der Waals surface area contributed by atoms with Crippen LogP contribution in [0, 0.1) is 0 Å². The van der Waals surface area contributed by atoms with Gasteiger partial charge < -0.3 is 5.73 Å². The van der Waals surface area contributed by atoms with Gasteiger partial charge >= 0.3 is 0 Å². The maximum atomic E-state index is 11.7. The third-order valence-electron chi connectivity index (χ3n) is 2.42. The number of hydrogen-bond donors (Lipinski definition) is 3. The van der Waals surface area contributed by atoms with Crippen LogP contribution >= 0.6 is 11.8 Å². The Morgan fingerprint density at radius 3 is 2.67 bits per heavy atom. The first-order valence-electron chi connectivity index (χ1n) is 4.82. The standard InChI is InChI=1S/C8H7N7O2S/c1-18-8-11-7-10-3-2(4(9)15(7)14-8)5(16)12-13-6(3)17/h9H2,1H3,(H,12,16)(H,13,17). The first-order chi connectivity index (χ1) is 8.61. The first kappa shape index (κ1) is 10.8. The molecule has 92 valence electrons. The molecule has 0 aliphatic heterocycles. The number of aromatic nitrogens is 6. The zero-order valence-corrected chi connectivity index (χ0v) is 9.91. The number of rotatable bonds is 1. The smallest absolute Gasteiger partial charge is 0.289 e. The molecule has 0 aliphatic carbocycles. The van der Waals surface area contributed by atoms with Gasteiger partial charge in [0.05, 0.1) is 0 Å². The molecule has 0 unspecified atom stereocenters. The summed E-state index contributed by atoms with van der Waals surface area (Å²) < 4.78 is 1.24. The Morgan fingerprint density at radius 2 is 1.94 bits per heavy atom. The molecular weight excluding hydrogens is 258 g/mol. The van der Waals surface area contributed by atoms with E-state index in [1.165, 1.54) is 16.3 Å². The Bertz CT molecular complexity index is 877. The molecule has 0 bridgehead atoms. The van der Waals surface area contributed by atoms with E-state index < -0.39 is 11.1 Å². The third kappa shape index (κ3) is 1.32. The van der Waals surface area contributed by atoms with Crippen molar-refractivity contribution in [1.29, 1.82) is 0 Å². The Morgan fingerprint density at radius 1 is 1.22 bits per heavy atom. The van der Waals surface area contributed by atoms with Crippen molar-refractivity contribution in [2.75, 3.05) is 12.0 Å². The highest BCUT2D eigenvalue weighted by Crippen LogP contribution is 2.16.